The van der Waals surface area contributed by atoms with Crippen LogP contribution in [-0.4, -0.2) is 43.0 Å². The van der Waals surface area contributed by atoms with E-state index in [-0.39, 0.29) is 0 Å². The van der Waals surface area contributed by atoms with E-state index in [0.717, 1.165) is 12.6 Å². The van der Waals surface area contributed by atoms with Crippen LogP contribution in [0.2, 0.25) is 0 Å². The Balaban J connectivity index is 1.78. The zero-order chi connectivity index (χ0) is 14.4. The number of rotatable bonds is 6. The minimum atomic E-state index is 0.629. The third-order valence-corrected chi connectivity index (χ3v) is 4.45. The molecule has 1 atom stereocenters. The van der Waals surface area contributed by atoms with Crippen molar-refractivity contribution in [3.05, 3.63) is 35.4 Å². The van der Waals surface area contributed by atoms with Crippen LogP contribution in [0.1, 0.15) is 36.8 Å². The maximum atomic E-state index is 5.70. The third-order valence-electron chi connectivity index (χ3n) is 4.45. The number of nitrogens with zero attached hydrogens (tertiary/aromatic N) is 2. The van der Waals surface area contributed by atoms with Crippen molar-refractivity contribution >= 4 is 0 Å². The Kier molecular flexibility index (Phi) is 6.02. The Bertz CT molecular complexity index is 405. The van der Waals surface area contributed by atoms with E-state index in [1.165, 1.54) is 49.9 Å². The van der Waals surface area contributed by atoms with Gasteiger partial charge in [0.25, 0.3) is 0 Å². The summed E-state index contributed by atoms with van der Waals surface area (Å²) in [4.78, 5) is 4.96. The van der Waals surface area contributed by atoms with E-state index in [0.29, 0.717) is 6.54 Å². The Morgan fingerprint density at radius 1 is 1.30 bits per heavy atom. The van der Waals surface area contributed by atoms with Crippen molar-refractivity contribution in [1.29, 1.82) is 0 Å². The second-order valence-electron chi connectivity index (χ2n) is 6.18. The van der Waals surface area contributed by atoms with E-state index in [1.807, 2.05) is 0 Å². The lowest BCUT2D eigenvalue weighted by atomic mass is 10.00. The maximum Gasteiger partial charge on any atom is 0.0230 e. The molecule has 0 saturated carbocycles. The van der Waals surface area contributed by atoms with Crippen LogP contribution in [0.5, 0.6) is 0 Å². The number of nitrogens with two attached hydrogens (primary N) is 1. The molecule has 1 heterocycles. The van der Waals surface area contributed by atoms with Gasteiger partial charge in [0.05, 0.1) is 0 Å². The van der Waals surface area contributed by atoms with Crippen LogP contribution in [0.15, 0.2) is 24.3 Å². The van der Waals surface area contributed by atoms with Crippen LogP contribution in [0, 0.1) is 0 Å². The van der Waals surface area contributed by atoms with Crippen molar-refractivity contribution in [3.63, 3.8) is 0 Å². The van der Waals surface area contributed by atoms with Gasteiger partial charge in [0.2, 0.25) is 0 Å². The van der Waals surface area contributed by atoms with Crippen LogP contribution in [0.3, 0.4) is 0 Å². The van der Waals surface area contributed by atoms with Gasteiger partial charge in [-0.25, -0.2) is 0 Å². The summed E-state index contributed by atoms with van der Waals surface area (Å²) in [7, 11) is 4.49. The molecule has 3 heteroatoms. The number of likely N-dealkylation sites (tertiary alicyclic amines) is 1. The predicted octanol–water partition coefficient (Wildman–Crippen LogP) is 2.45. The highest BCUT2D eigenvalue weighted by atomic mass is 15.1. The van der Waals surface area contributed by atoms with Crippen molar-refractivity contribution in [2.45, 2.75) is 44.8 Å². The zero-order valence-corrected chi connectivity index (χ0v) is 13.0. The summed E-state index contributed by atoms with van der Waals surface area (Å²) < 4.78 is 0. The van der Waals surface area contributed by atoms with E-state index in [4.69, 9.17) is 5.73 Å². The highest BCUT2D eigenvalue weighted by Crippen LogP contribution is 2.18. The summed E-state index contributed by atoms with van der Waals surface area (Å²) in [5.41, 5.74) is 8.29. The molecular weight excluding hydrogens is 246 g/mol. The summed E-state index contributed by atoms with van der Waals surface area (Å²) in [6, 6.07) is 9.41. The van der Waals surface area contributed by atoms with Gasteiger partial charge in [-0.1, -0.05) is 30.7 Å². The molecule has 0 amide bonds. The molecule has 0 aromatic heterocycles. The molecular formula is C17H29N3. The van der Waals surface area contributed by atoms with Gasteiger partial charge >= 0.3 is 0 Å². The SMILES string of the molecule is CN(CCC1CCCCN1C)Cc1cccc(CN)c1. The zero-order valence-electron chi connectivity index (χ0n) is 13.0. The lowest BCUT2D eigenvalue weighted by molar-refractivity contribution is 0.159. The molecule has 1 aliphatic rings. The first-order chi connectivity index (χ1) is 9.69. The molecule has 3 nitrogen and oxygen atoms in total. The first-order valence-corrected chi connectivity index (χ1v) is 7.85. The Morgan fingerprint density at radius 2 is 2.10 bits per heavy atom. The van der Waals surface area contributed by atoms with E-state index in [1.54, 1.807) is 0 Å². The van der Waals surface area contributed by atoms with Crippen LogP contribution < -0.4 is 5.73 Å². The minimum absolute atomic E-state index is 0.629. The molecule has 1 fully saturated rings. The molecule has 1 aromatic rings. The molecule has 112 valence electrons. The summed E-state index contributed by atoms with van der Waals surface area (Å²) in [6.07, 6.45) is 5.42. The Hall–Kier alpha value is -0.900. The topological polar surface area (TPSA) is 32.5 Å². The standard InChI is InChI=1S/C17H29N3/c1-19(11-9-17-8-3-4-10-20(17)2)14-16-7-5-6-15(12-16)13-18/h5-7,12,17H,3-4,8-11,13-14,18H2,1-2H3. The second-order valence-corrected chi connectivity index (χ2v) is 6.18. The predicted molar refractivity (Wildman–Crippen MR) is 85.6 cm³/mol. The van der Waals surface area contributed by atoms with Gasteiger partial charge in [-0.15, -0.1) is 0 Å². The fraction of sp³-hybridized carbons (Fsp3) is 0.647. The third kappa shape index (κ3) is 4.58. The molecule has 2 rings (SSSR count). The van der Waals surface area contributed by atoms with Gasteiger partial charge in [0, 0.05) is 19.1 Å². The van der Waals surface area contributed by atoms with Crippen LogP contribution in [0.25, 0.3) is 0 Å². The smallest absolute Gasteiger partial charge is 0.0230 e. The molecule has 2 N–H and O–H groups in total. The normalized spacial score (nSPS) is 20.5. The van der Waals surface area contributed by atoms with Gasteiger partial charge in [-0.2, -0.15) is 0 Å². The van der Waals surface area contributed by atoms with E-state index < -0.39 is 0 Å². The van der Waals surface area contributed by atoms with Gasteiger partial charge < -0.3 is 15.5 Å². The van der Waals surface area contributed by atoms with Crippen molar-refractivity contribution in [2.24, 2.45) is 5.73 Å². The molecule has 1 saturated heterocycles. The van der Waals surface area contributed by atoms with Crippen LogP contribution in [-0.2, 0) is 13.1 Å². The van der Waals surface area contributed by atoms with Gasteiger partial charge in [0.1, 0.15) is 0 Å². The van der Waals surface area contributed by atoms with E-state index in [9.17, 15) is 0 Å². The van der Waals surface area contributed by atoms with Crippen molar-refractivity contribution < 1.29 is 0 Å². The van der Waals surface area contributed by atoms with Gasteiger partial charge in [0.15, 0.2) is 0 Å². The lowest BCUT2D eigenvalue weighted by Crippen LogP contribution is -2.38. The van der Waals surface area contributed by atoms with Crippen molar-refractivity contribution in [3.8, 4) is 0 Å². The molecule has 0 bridgehead atoms. The minimum Gasteiger partial charge on any atom is -0.326 e. The van der Waals surface area contributed by atoms with Crippen molar-refractivity contribution in [2.75, 3.05) is 27.2 Å². The molecule has 1 unspecified atom stereocenters. The first kappa shape index (κ1) is 15.5. The molecule has 20 heavy (non-hydrogen) atoms. The summed E-state index contributed by atoms with van der Waals surface area (Å²) in [5.74, 6) is 0. The molecule has 0 aliphatic carbocycles. The van der Waals surface area contributed by atoms with Gasteiger partial charge in [-0.3, -0.25) is 0 Å². The fourth-order valence-corrected chi connectivity index (χ4v) is 3.12. The summed E-state index contributed by atoms with van der Waals surface area (Å²) >= 11 is 0. The largest absolute Gasteiger partial charge is 0.326 e. The average Bonchev–Trinajstić information content (AvgIpc) is 2.46. The van der Waals surface area contributed by atoms with E-state index in [2.05, 4.69) is 48.2 Å². The van der Waals surface area contributed by atoms with Gasteiger partial charge in [-0.05, 0) is 57.6 Å². The Labute approximate surface area is 123 Å². The molecule has 1 aliphatic heterocycles. The maximum absolute atomic E-state index is 5.70. The highest BCUT2D eigenvalue weighted by Gasteiger charge is 2.18. The van der Waals surface area contributed by atoms with Crippen molar-refractivity contribution in [1.82, 2.24) is 9.80 Å². The number of piperidine rings is 1. The Morgan fingerprint density at radius 3 is 2.85 bits per heavy atom. The first-order valence-electron chi connectivity index (χ1n) is 7.85. The molecule has 0 radical (unpaired) electrons. The quantitative estimate of drug-likeness (QED) is 0.865. The van der Waals surface area contributed by atoms with Crippen LogP contribution >= 0.6 is 0 Å². The number of hydrogen-bond donors (Lipinski definition) is 1. The lowest BCUT2D eigenvalue weighted by Gasteiger charge is -2.33. The monoisotopic (exact) mass is 275 g/mol. The molecule has 1 aromatic carbocycles. The highest BCUT2D eigenvalue weighted by molar-refractivity contribution is 5.23. The summed E-state index contributed by atoms with van der Waals surface area (Å²) in [6.45, 7) is 4.09. The summed E-state index contributed by atoms with van der Waals surface area (Å²) in [5, 5.41) is 0. The van der Waals surface area contributed by atoms with Crippen LogP contribution in [0.4, 0.5) is 0 Å². The second kappa shape index (κ2) is 7.77. The van der Waals surface area contributed by atoms with E-state index >= 15 is 0 Å². The average molecular weight is 275 g/mol. The number of hydrogen-bond acceptors (Lipinski definition) is 3. The number of benzene rings is 1. The molecule has 0 spiro atoms. The fourth-order valence-electron chi connectivity index (χ4n) is 3.12.